The molecule has 17 heteroatoms. The first-order chi connectivity index (χ1) is 40.9. The number of hydrogen-bond donors (Lipinski definition) is 1. The van der Waals surface area contributed by atoms with E-state index >= 15 is 0 Å². The van der Waals surface area contributed by atoms with Gasteiger partial charge in [-0.3, -0.25) is 31.3 Å². The first kappa shape index (κ1) is 47.1. The second-order valence-electron chi connectivity index (χ2n) is 19.9. The number of aromatic amines is 1. The number of hydrogen-bond acceptors (Lipinski definition) is 6. The normalized spacial score (nSPS) is 11.8. The van der Waals surface area contributed by atoms with E-state index < -0.39 is 23.0 Å². The van der Waals surface area contributed by atoms with Gasteiger partial charge in [-0.2, -0.15) is 10.5 Å². The molecule has 0 aliphatic rings. The second kappa shape index (κ2) is 18.0. The lowest BCUT2D eigenvalue weighted by Gasteiger charge is -2.20. The monoisotopic (exact) mass is 1080 g/mol. The van der Waals surface area contributed by atoms with Gasteiger partial charge in [-0.15, -0.1) is 0 Å². The number of rotatable bonds is 3. The Balaban J connectivity index is 0.000000170. The number of fused-ring (bicyclic) bond motifs is 20. The molecule has 0 atom stereocenters. The lowest BCUT2D eigenvalue weighted by molar-refractivity contribution is 0.445. The Hall–Kier alpha value is -12.0. The molecule has 18 rings (SSSR count). The summed E-state index contributed by atoms with van der Waals surface area (Å²) in [6, 6.07) is 75.7. The van der Waals surface area contributed by atoms with Crippen LogP contribution in [-0.4, -0.2) is 56.2 Å². The van der Waals surface area contributed by atoms with Gasteiger partial charge < -0.3 is 4.98 Å². The molecule has 0 aliphatic carbocycles. The molecule has 0 saturated heterocycles. The Labute approximate surface area is 465 Å². The second-order valence-corrected chi connectivity index (χ2v) is 19.9. The van der Waals surface area contributed by atoms with Crippen LogP contribution >= 0.6 is 0 Å². The van der Waals surface area contributed by atoms with Crippen molar-refractivity contribution in [3.63, 3.8) is 0 Å². The maximum Gasteiger partial charge on any atom is 0.220 e. The van der Waals surface area contributed by atoms with Crippen LogP contribution in [0.25, 0.3) is 128 Å². The van der Waals surface area contributed by atoms with Crippen LogP contribution in [0.3, 0.4) is 0 Å². The largest absolute Gasteiger partial charge is 0.323 e. The molecule has 0 unspecified atom stereocenters. The minimum atomic E-state index is -1.61. The van der Waals surface area contributed by atoms with Gasteiger partial charge in [0, 0.05) is 0 Å². The van der Waals surface area contributed by atoms with E-state index in [-0.39, 0.29) is 0 Å². The Bertz CT molecular complexity index is 5740. The fourth-order valence-electron chi connectivity index (χ4n) is 11.9. The minimum absolute atomic E-state index is 0.493. The fraction of sp³-hybridized carbons (Fsp3) is 0. The highest BCUT2D eigenvalue weighted by Crippen LogP contribution is 2.42. The summed E-state index contributed by atoms with van der Waals surface area (Å²) in [7, 11) is 0. The van der Waals surface area contributed by atoms with Gasteiger partial charge in [0.05, 0.1) is 116 Å². The van der Waals surface area contributed by atoms with Gasteiger partial charge in [-0.25, -0.2) is 33.1 Å². The summed E-state index contributed by atoms with van der Waals surface area (Å²) in [6.45, 7) is 0. The molecule has 1 N–H and O–H groups in total. The van der Waals surface area contributed by atoms with E-state index in [0.717, 1.165) is 118 Å². The molecular weight excluding hydrogens is 1050 g/mol. The van der Waals surface area contributed by atoms with Gasteiger partial charge in [0.2, 0.25) is 23.1 Å². The quantitative estimate of drug-likeness (QED) is 0.174. The van der Waals surface area contributed by atoms with Crippen molar-refractivity contribution in [2.75, 3.05) is 0 Å². The third-order valence-electron chi connectivity index (χ3n) is 15.4. The van der Waals surface area contributed by atoms with Crippen molar-refractivity contribution in [2.45, 2.75) is 0 Å². The highest BCUT2D eigenvalue weighted by molar-refractivity contribution is 5.99. The third kappa shape index (κ3) is 6.82. The highest BCUT2D eigenvalue weighted by atomic mass is 19.2. The molecule has 8 aromatic heterocycles. The zero-order valence-corrected chi connectivity index (χ0v) is 43.2. The standard InChI is InChI=1S/C46H26N10.C13H9N3.C7H2F3N/c47-27-28-25-26-41(54-36-20-8-7-19-35(36)51-32-16-4-1-13-29(32)48-44(51)54)43(56-40-24-12-10-22-38(40)53-34-18-6-3-15-31(34)50-46(53)56)42(28)55-39-23-11-9-21-37(39)52-33-17-5-2-14-30(33)49-45(52)55;1-3-7-11-9(5-1)14-13-15-10-6-2-4-8-12(10)16(11)13;8-5-2-1-4(3-11)6(9)7(5)10/h1-26H;1-8H,(H,14,15);1-2H. The highest BCUT2D eigenvalue weighted by Gasteiger charge is 2.30. The number of halogens is 3. The topological polar surface area (TPSA) is 147 Å². The summed E-state index contributed by atoms with van der Waals surface area (Å²) in [5.74, 6) is -1.23. The van der Waals surface area contributed by atoms with E-state index in [1.165, 1.54) is 11.6 Å². The van der Waals surface area contributed by atoms with Crippen LogP contribution in [0.5, 0.6) is 0 Å². The average molecular weight is 1080 g/mol. The molecule has 0 bridgehead atoms. The van der Waals surface area contributed by atoms with Gasteiger partial charge in [-0.1, -0.05) is 97.1 Å². The van der Waals surface area contributed by atoms with E-state index in [4.69, 9.17) is 20.2 Å². The van der Waals surface area contributed by atoms with Crippen LogP contribution in [0.4, 0.5) is 13.2 Å². The van der Waals surface area contributed by atoms with Crippen molar-refractivity contribution in [3.05, 3.63) is 247 Å². The lowest BCUT2D eigenvalue weighted by atomic mass is 10.1. The van der Waals surface area contributed by atoms with Crippen molar-refractivity contribution < 1.29 is 13.2 Å². The van der Waals surface area contributed by atoms with Crippen molar-refractivity contribution in [2.24, 2.45) is 0 Å². The zero-order valence-electron chi connectivity index (χ0n) is 43.2. The predicted octanol–water partition coefficient (Wildman–Crippen LogP) is 14.7. The molecule has 392 valence electrons. The molecule has 14 nitrogen and oxygen atoms in total. The molecule has 0 radical (unpaired) electrons. The van der Waals surface area contributed by atoms with Crippen LogP contribution in [0, 0.1) is 40.1 Å². The summed E-state index contributed by atoms with van der Waals surface area (Å²) in [4.78, 5) is 23.8. The summed E-state index contributed by atoms with van der Waals surface area (Å²) in [5.41, 5.74) is 18.3. The minimum Gasteiger partial charge on any atom is -0.323 e. The molecular formula is C66H37F3N14. The Morgan fingerprint density at radius 2 is 0.699 bits per heavy atom. The predicted molar refractivity (Wildman–Crippen MR) is 316 cm³/mol. The zero-order chi connectivity index (χ0) is 55.6. The van der Waals surface area contributed by atoms with Crippen molar-refractivity contribution in [3.8, 4) is 29.2 Å². The molecule has 18 aromatic rings. The number of para-hydroxylation sites is 16. The average Bonchev–Trinajstić information content (AvgIpc) is 2.21. The molecule has 8 heterocycles. The van der Waals surface area contributed by atoms with Crippen molar-refractivity contribution in [1.82, 2.24) is 56.2 Å². The van der Waals surface area contributed by atoms with Gasteiger partial charge >= 0.3 is 0 Å². The molecule has 0 aliphatic heterocycles. The van der Waals surface area contributed by atoms with Gasteiger partial charge in [-0.05, 0) is 121 Å². The van der Waals surface area contributed by atoms with E-state index in [0.29, 0.717) is 23.1 Å². The number of aromatic nitrogens is 12. The number of nitrogens with one attached hydrogen (secondary N) is 1. The lowest BCUT2D eigenvalue weighted by Crippen LogP contribution is -2.12. The first-order valence-corrected chi connectivity index (χ1v) is 26.4. The first-order valence-electron chi connectivity index (χ1n) is 26.4. The number of benzene rings is 10. The van der Waals surface area contributed by atoms with Crippen molar-refractivity contribution in [1.29, 1.82) is 10.5 Å². The third-order valence-corrected chi connectivity index (χ3v) is 15.4. The Morgan fingerprint density at radius 3 is 1.19 bits per heavy atom. The molecule has 83 heavy (non-hydrogen) atoms. The molecule has 0 saturated carbocycles. The van der Waals surface area contributed by atoms with Crippen LogP contribution < -0.4 is 0 Å². The number of nitriles is 2. The van der Waals surface area contributed by atoms with Crippen LogP contribution in [0.2, 0.25) is 0 Å². The van der Waals surface area contributed by atoms with Crippen LogP contribution in [0.15, 0.2) is 218 Å². The number of imidazole rings is 8. The summed E-state index contributed by atoms with van der Waals surface area (Å²) < 4.78 is 52.3. The summed E-state index contributed by atoms with van der Waals surface area (Å²) in [6.07, 6.45) is 0. The summed E-state index contributed by atoms with van der Waals surface area (Å²) >= 11 is 0. The Morgan fingerprint density at radius 1 is 0.325 bits per heavy atom. The van der Waals surface area contributed by atoms with Gasteiger partial charge in [0.15, 0.2) is 17.5 Å². The fourth-order valence-corrected chi connectivity index (χ4v) is 11.9. The molecule has 0 spiro atoms. The summed E-state index contributed by atoms with van der Waals surface area (Å²) in [5, 5.41) is 19.3. The van der Waals surface area contributed by atoms with Crippen molar-refractivity contribution >= 4 is 111 Å². The smallest absolute Gasteiger partial charge is 0.220 e. The number of nitrogens with zero attached hydrogens (tertiary/aromatic N) is 13. The Kier molecular flexibility index (Phi) is 10.2. The number of H-pyrrole nitrogens is 1. The van der Waals surface area contributed by atoms with Gasteiger partial charge in [0.25, 0.3) is 0 Å². The SMILES string of the molecule is N#Cc1ccc(-n2c3ccccc3n3c4ccccc4nc23)c(-n2c3ccccc3n3c4ccccc4nc23)c1-n1c2ccccc2n2c3ccccc3nc12.N#Cc1ccc(F)c(F)c1F.c1ccc2c(c1)nc1[nH]c3ccccc3n12. The van der Waals surface area contributed by atoms with E-state index in [9.17, 15) is 18.4 Å². The molecule has 0 amide bonds. The van der Waals surface area contributed by atoms with E-state index in [1.807, 2.05) is 91.0 Å². The molecule has 0 fully saturated rings. The van der Waals surface area contributed by atoms with Crippen LogP contribution in [-0.2, 0) is 0 Å². The van der Waals surface area contributed by atoms with Crippen LogP contribution in [0.1, 0.15) is 11.1 Å². The van der Waals surface area contributed by atoms with E-state index in [2.05, 4.69) is 163 Å². The maximum atomic E-state index is 12.4. The maximum absolute atomic E-state index is 12.4. The van der Waals surface area contributed by atoms with E-state index in [1.54, 1.807) is 0 Å². The van der Waals surface area contributed by atoms with Gasteiger partial charge in [0.1, 0.15) is 12.1 Å². The molecule has 10 aromatic carbocycles.